The number of aromatic nitrogens is 2. The van der Waals surface area contributed by atoms with E-state index in [1.54, 1.807) is 13.8 Å². The van der Waals surface area contributed by atoms with Crippen molar-refractivity contribution >= 4 is 27.6 Å². The summed E-state index contributed by atoms with van der Waals surface area (Å²) in [6.45, 7) is 3.31. The zero-order valence-electron chi connectivity index (χ0n) is 10.6. The van der Waals surface area contributed by atoms with Crippen molar-refractivity contribution in [2.45, 2.75) is 30.5 Å². The Kier molecular flexibility index (Phi) is 3.82. The number of carboxylic acid groups (broad SMARTS) is 1. The lowest BCUT2D eigenvalue weighted by atomic mass is 10.2. The van der Waals surface area contributed by atoms with E-state index in [1.807, 2.05) is 0 Å². The van der Waals surface area contributed by atoms with Crippen LogP contribution in [-0.2, 0) is 9.84 Å². The van der Waals surface area contributed by atoms with Gasteiger partial charge >= 0.3 is 5.97 Å². The van der Waals surface area contributed by atoms with E-state index in [4.69, 9.17) is 0 Å². The molecule has 0 saturated carbocycles. The highest BCUT2D eigenvalue weighted by Gasteiger charge is 2.30. The molecular formula is C11H14N2O4S2. The van der Waals surface area contributed by atoms with Gasteiger partial charge in [0.25, 0.3) is 0 Å². The van der Waals surface area contributed by atoms with Crippen LogP contribution in [0.3, 0.4) is 0 Å². The Labute approximate surface area is 115 Å². The van der Waals surface area contributed by atoms with Gasteiger partial charge in [0.05, 0.1) is 17.2 Å². The van der Waals surface area contributed by atoms with E-state index in [-0.39, 0.29) is 22.3 Å². The zero-order valence-corrected chi connectivity index (χ0v) is 12.2. The van der Waals surface area contributed by atoms with Crippen molar-refractivity contribution in [2.24, 2.45) is 0 Å². The molecule has 6 nitrogen and oxygen atoms in total. The third kappa shape index (κ3) is 3.24. The summed E-state index contributed by atoms with van der Waals surface area (Å²) >= 11 is 1.23. The molecule has 1 fully saturated rings. The Hall–Kier alpha value is -1.15. The van der Waals surface area contributed by atoms with Gasteiger partial charge in [-0.3, -0.25) is 0 Å². The monoisotopic (exact) mass is 302 g/mol. The second-order valence-corrected chi connectivity index (χ2v) is 8.00. The molecule has 1 atom stereocenters. The Morgan fingerprint density at radius 2 is 2.05 bits per heavy atom. The third-order valence-corrected chi connectivity index (χ3v) is 6.08. The van der Waals surface area contributed by atoms with Gasteiger partial charge in [0.2, 0.25) is 0 Å². The van der Waals surface area contributed by atoms with Crippen molar-refractivity contribution in [1.29, 1.82) is 0 Å². The van der Waals surface area contributed by atoms with Crippen molar-refractivity contribution in [1.82, 2.24) is 9.97 Å². The lowest BCUT2D eigenvalue weighted by Crippen LogP contribution is -2.12. The summed E-state index contributed by atoms with van der Waals surface area (Å²) in [6, 6.07) is 0. The summed E-state index contributed by atoms with van der Waals surface area (Å²) in [7, 11) is -2.98. The van der Waals surface area contributed by atoms with Crippen molar-refractivity contribution in [3.63, 3.8) is 0 Å². The van der Waals surface area contributed by atoms with E-state index in [2.05, 4.69) is 9.97 Å². The quantitative estimate of drug-likeness (QED) is 0.834. The molecule has 0 aromatic carbocycles. The van der Waals surface area contributed by atoms with Crippen molar-refractivity contribution in [3.05, 3.63) is 17.1 Å². The fraction of sp³-hybridized carbons (Fsp3) is 0.545. The zero-order chi connectivity index (χ0) is 14.2. The fourth-order valence-corrected chi connectivity index (χ4v) is 5.70. The van der Waals surface area contributed by atoms with Crippen molar-refractivity contribution in [2.75, 3.05) is 11.5 Å². The minimum atomic E-state index is -2.98. The maximum Gasteiger partial charge on any atom is 0.340 e. The van der Waals surface area contributed by atoms with E-state index < -0.39 is 15.8 Å². The molecule has 2 heterocycles. The molecule has 2 rings (SSSR count). The smallest absolute Gasteiger partial charge is 0.340 e. The van der Waals surface area contributed by atoms with Crippen molar-refractivity contribution in [3.8, 4) is 0 Å². The lowest BCUT2D eigenvalue weighted by Gasteiger charge is -2.11. The Morgan fingerprint density at radius 1 is 1.37 bits per heavy atom. The molecule has 1 N–H and O–H groups in total. The number of carboxylic acids is 1. The van der Waals surface area contributed by atoms with Gasteiger partial charge < -0.3 is 5.11 Å². The minimum absolute atomic E-state index is 0.0693. The van der Waals surface area contributed by atoms with Crippen LogP contribution in [0.1, 0.15) is 28.3 Å². The van der Waals surface area contributed by atoms with Crippen LogP contribution >= 0.6 is 11.8 Å². The molecular weight excluding hydrogens is 288 g/mol. The number of nitrogens with zero attached hydrogens (tertiary/aromatic N) is 2. The second-order valence-electron chi connectivity index (χ2n) is 4.48. The summed E-state index contributed by atoms with van der Waals surface area (Å²) in [6.07, 6.45) is 0.536. The summed E-state index contributed by atoms with van der Waals surface area (Å²) < 4.78 is 22.8. The van der Waals surface area contributed by atoms with Gasteiger partial charge in [-0.15, -0.1) is 11.8 Å². The highest BCUT2D eigenvalue weighted by molar-refractivity contribution is 8.01. The number of hydrogen-bond acceptors (Lipinski definition) is 6. The van der Waals surface area contributed by atoms with E-state index in [0.29, 0.717) is 23.0 Å². The van der Waals surface area contributed by atoms with E-state index in [1.165, 1.54) is 11.8 Å². The van der Waals surface area contributed by atoms with Crippen LogP contribution in [-0.4, -0.2) is 46.2 Å². The van der Waals surface area contributed by atoms with Crippen LogP contribution in [0.5, 0.6) is 0 Å². The highest BCUT2D eigenvalue weighted by atomic mass is 32.2. The van der Waals surface area contributed by atoms with Crippen LogP contribution in [0.2, 0.25) is 0 Å². The molecule has 1 aromatic heterocycles. The molecule has 1 unspecified atom stereocenters. The minimum Gasteiger partial charge on any atom is -0.478 e. The normalized spacial score (nSPS) is 21.5. The van der Waals surface area contributed by atoms with E-state index in [0.717, 1.165) is 0 Å². The third-order valence-electron chi connectivity index (χ3n) is 2.85. The summed E-state index contributed by atoms with van der Waals surface area (Å²) in [5, 5.41) is 9.44. The molecule has 0 radical (unpaired) electrons. The van der Waals surface area contributed by atoms with E-state index >= 15 is 0 Å². The largest absolute Gasteiger partial charge is 0.478 e. The van der Waals surface area contributed by atoms with Crippen LogP contribution in [0.4, 0.5) is 0 Å². The number of rotatable bonds is 3. The standard InChI is InChI=1S/C11H14N2O4S2/c1-6-9(11(14)15)10(13-7(2)12-6)18-8-3-4-19(16,17)5-8/h8H,3-5H2,1-2H3,(H,14,15). The number of sulfone groups is 1. The Balaban J connectivity index is 2.32. The predicted octanol–water partition coefficient (Wildman–Crippen LogP) is 1.07. The number of aryl methyl sites for hydroxylation is 2. The number of carbonyl (C=O) groups is 1. The summed E-state index contributed by atoms with van der Waals surface area (Å²) in [5.74, 6) is -0.346. The van der Waals surface area contributed by atoms with Gasteiger partial charge in [0.15, 0.2) is 9.84 Å². The van der Waals surface area contributed by atoms with Gasteiger partial charge in [0, 0.05) is 5.25 Å². The molecule has 1 aromatic rings. The van der Waals surface area contributed by atoms with Gasteiger partial charge in [-0.2, -0.15) is 0 Å². The first-order valence-corrected chi connectivity index (χ1v) is 8.44. The van der Waals surface area contributed by atoms with Gasteiger partial charge in [0.1, 0.15) is 16.4 Å². The Bertz CT molecular complexity index is 628. The second kappa shape index (κ2) is 5.09. The SMILES string of the molecule is Cc1nc(C)c(C(=O)O)c(SC2CCS(=O)(=O)C2)n1. The van der Waals surface area contributed by atoms with Crippen LogP contribution in [0, 0.1) is 13.8 Å². The average molecular weight is 302 g/mol. The predicted molar refractivity (Wildman–Crippen MR) is 71.4 cm³/mol. The van der Waals surface area contributed by atoms with Crippen LogP contribution < -0.4 is 0 Å². The molecule has 1 aliphatic heterocycles. The topological polar surface area (TPSA) is 97.2 Å². The maximum absolute atomic E-state index is 11.4. The number of thioether (sulfide) groups is 1. The van der Waals surface area contributed by atoms with Gasteiger partial charge in [-0.1, -0.05) is 0 Å². The molecule has 0 bridgehead atoms. The van der Waals surface area contributed by atoms with Crippen molar-refractivity contribution < 1.29 is 18.3 Å². The number of aromatic carboxylic acids is 1. The molecule has 19 heavy (non-hydrogen) atoms. The summed E-state index contributed by atoms with van der Waals surface area (Å²) in [5.41, 5.74) is 0.475. The molecule has 1 aliphatic rings. The van der Waals surface area contributed by atoms with Crippen LogP contribution in [0.15, 0.2) is 5.03 Å². The summed E-state index contributed by atoms with van der Waals surface area (Å²) in [4.78, 5) is 19.4. The van der Waals surface area contributed by atoms with Crippen LogP contribution in [0.25, 0.3) is 0 Å². The Morgan fingerprint density at radius 3 is 2.58 bits per heavy atom. The molecule has 1 saturated heterocycles. The highest BCUT2D eigenvalue weighted by Crippen LogP contribution is 2.32. The van der Waals surface area contributed by atoms with Gasteiger partial charge in [-0.25, -0.2) is 23.2 Å². The molecule has 104 valence electrons. The molecule has 8 heteroatoms. The maximum atomic E-state index is 11.4. The van der Waals surface area contributed by atoms with Gasteiger partial charge in [-0.05, 0) is 20.3 Å². The fourth-order valence-electron chi connectivity index (χ4n) is 2.02. The number of hydrogen-bond donors (Lipinski definition) is 1. The molecule has 0 spiro atoms. The first-order valence-electron chi connectivity index (χ1n) is 5.74. The average Bonchev–Trinajstić information content (AvgIpc) is 2.56. The first-order chi connectivity index (χ1) is 8.78. The lowest BCUT2D eigenvalue weighted by molar-refractivity contribution is 0.0690. The molecule has 0 aliphatic carbocycles. The first kappa shape index (κ1) is 14.3. The van der Waals surface area contributed by atoms with E-state index in [9.17, 15) is 18.3 Å². The molecule has 0 amide bonds.